The summed E-state index contributed by atoms with van der Waals surface area (Å²) >= 11 is 1.78. The third-order valence-corrected chi connectivity index (χ3v) is 2.26. The molecule has 3 heteroatoms. The number of rotatable bonds is 1. The fourth-order valence-corrected chi connectivity index (χ4v) is 1.81. The molecule has 0 bridgehead atoms. The molecule has 0 aliphatic heterocycles. The van der Waals surface area contributed by atoms with E-state index in [0.717, 1.165) is 6.42 Å². The van der Waals surface area contributed by atoms with Gasteiger partial charge in [-0.25, -0.2) is 4.98 Å². The van der Waals surface area contributed by atoms with Crippen LogP contribution in [0.25, 0.3) is 0 Å². The Balaban J connectivity index is 3.01. The molecule has 9 heavy (non-hydrogen) atoms. The molecule has 0 radical (unpaired) electrons. The topological polar surface area (TPSA) is 12.9 Å². The lowest BCUT2D eigenvalue weighted by Crippen LogP contribution is -2.02. The fraction of sp³-hybridized carbons (Fsp3) is 0.500. The van der Waals surface area contributed by atoms with Crippen LogP contribution >= 0.6 is 11.3 Å². The van der Waals surface area contributed by atoms with E-state index in [1.165, 1.54) is 15.5 Å². The highest BCUT2D eigenvalue weighted by molar-refractivity contribution is 7.19. The van der Waals surface area contributed by atoms with Crippen molar-refractivity contribution in [2.75, 3.05) is 0 Å². The van der Waals surface area contributed by atoms with Crippen LogP contribution in [0.3, 0.4) is 0 Å². The van der Waals surface area contributed by atoms with Crippen molar-refractivity contribution in [3.8, 4) is 0 Å². The van der Waals surface area contributed by atoms with Crippen molar-refractivity contribution in [2.45, 2.75) is 20.3 Å². The van der Waals surface area contributed by atoms with Gasteiger partial charge in [0.2, 0.25) is 0 Å². The normalized spacial score (nSPS) is 10.0. The van der Waals surface area contributed by atoms with Gasteiger partial charge in [0.05, 0.1) is 5.01 Å². The van der Waals surface area contributed by atoms with E-state index in [-0.39, 0.29) is 0 Å². The first kappa shape index (κ1) is 6.81. The zero-order valence-electron chi connectivity index (χ0n) is 6.06. The molecule has 0 aromatic carbocycles. The van der Waals surface area contributed by atoms with E-state index in [0.29, 0.717) is 0 Å². The number of hydrogen-bond donors (Lipinski definition) is 0. The smallest absolute Gasteiger partial charge is 0.155 e. The van der Waals surface area contributed by atoms with Gasteiger partial charge in [0.25, 0.3) is 0 Å². The van der Waals surface area contributed by atoms with Crippen LogP contribution in [0.2, 0.25) is 0 Å². The van der Waals surface area contributed by atoms with E-state index in [9.17, 15) is 0 Å². The summed E-state index contributed by atoms with van der Waals surface area (Å²) < 4.78 is 1.37. The van der Waals surface area contributed by atoms with Crippen molar-refractivity contribution < 1.29 is 0 Å². The van der Waals surface area contributed by atoms with Crippen LogP contribution < -0.4 is 4.78 Å². The van der Waals surface area contributed by atoms with Gasteiger partial charge >= 0.3 is 0 Å². The van der Waals surface area contributed by atoms with Gasteiger partial charge in [0.15, 0.2) is 7.85 Å². The van der Waals surface area contributed by atoms with Crippen molar-refractivity contribution in [3.05, 3.63) is 10.7 Å². The van der Waals surface area contributed by atoms with Gasteiger partial charge in [-0.1, -0.05) is 6.92 Å². The fourth-order valence-electron chi connectivity index (χ4n) is 0.900. The lowest BCUT2D eigenvalue weighted by molar-refractivity contribution is 1.05. The molecule has 1 heterocycles. The summed E-state index contributed by atoms with van der Waals surface area (Å²) in [6.07, 6.45) is 1.07. The second-order valence-corrected chi connectivity index (χ2v) is 3.50. The zero-order valence-corrected chi connectivity index (χ0v) is 6.88. The molecule has 0 fully saturated rings. The molecule has 0 atom stereocenters. The van der Waals surface area contributed by atoms with Crippen molar-refractivity contribution in [1.82, 2.24) is 4.98 Å². The monoisotopic (exact) mass is 139 g/mol. The van der Waals surface area contributed by atoms with Crippen molar-refractivity contribution >= 4 is 24.0 Å². The van der Waals surface area contributed by atoms with Crippen LogP contribution in [0.4, 0.5) is 0 Å². The lowest BCUT2D eigenvalue weighted by atomic mass is 10.1. The number of hydrogen-bond acceptors (Lipinski definition) is 2. The highest BCUT2D eigenvalue weighted by Crippen LogP contribution is 2.03. The molecule has 0 aliphatic carbocycles. The van der Waals surface area contributed by atoms with Crippen LogP contribution in [0.1, 0.15) is 17.6 Å². The number of thiazole rings is 1. The van der Waals surface area contributed by atoms with E-state index in [2.05, 4.69) is 26.7 Å². The first-order chi connectivity index (χ1) is 4.24. The molecule has 0 saturated heterocycles. The predicted molar refractivity (Wildman–Crippen MR) is 44.4 cm³/mol. The van der Waals surface area contributed by atoms with E-state index >= 15 is 0 Å². The summed E-state index contributed by atoms with van der Waals surface area (Å²) in [7, 11) is 2.13. The molecular weight excluding hydrogens is 129 g/mol. The molecule has 1 rings (SSSR count). The third-order valence-electron chi connectivity index (χ3n) is 1.33. The van der Waals surface area contributed by atoms with Gasteiger partial charge in [0.1, 0.15) is 0 Å². The number of nitrogens with zero attached hydrogens (tertiary/aromatic N) is 1. The van der Waals surface area contributed by atoms with Crippen LogP contribution in [0, 0.1) is 6.92 Å². The summed E-state index contributed by atoms with van der Waals surface area (Å²) in [5.41, 5.74) is 1.26. The van der Waals surface area contributed by atoms with Gasteiger partial charge < -0.3 is 0 Å². The average molecular weight is 139 g/mol. The van der Waals surface area contributed by atoms with Crippen molar-refractivity contribution in [2.24, 2.45) is 0 Å². The Kier molecular flexibility index (Phi) is 1.91. The SMILES string of the molecule is Bc1sc(C)nc1CC. The maximum atomic E-state index is 4.35. The molecule has 0 spiro atoms. The first-order valence-corrected chi connectivity index (χ1v) is 3.98. The van der Waals surface area contributed by atoms with Crippen LogP contribution in [-0.2, 0) is 6.42 Å². The summed E-state index contributed by atoms with van der Waals surface area (Å²) in [5.74, 6) is 0. The maximum Gasteiger partial charge on any atom is 0.155 e. The number of aryl methyl sites for hydroxylation is 2. The third kappa shape index (κ3) is 1.33. The minimum atomic E-state index is 1.07. The summed E-state index contributed by atoms with van der Waals surface area (Å²) in [6, 6.07) is 0. The van der Waals surface area contributed by atoms with Gasteiger partial charge in [-0.2, -0.15) is 0 Å². The molecule has 0 amide bonds. The van der Waals surface area contributed by atoms with Crippen LogP contribution in [-0.4, -0.2) is 12.8 Å². The molecule has 1 aromatic heterocycles. The van der Waals surface area contributed by atoms with Crippen molar-refractivity contribution in [3.63, 3.8) is 0 Å². The van der Waals surface area contributed by atoms with E-state index in [1.807, 2.05) is 0 Å². The molecule has 1 aromatic rings. The minimum Gasteiger partial charge on any atom is -0.247 e. The average Bonchev–Trinajstić information content (AvgIpc) is 2.10. The standard InChI is InChI=1S/C6H10BNS/c1-3-5-6(7)9-4(2)8-5/h3,7H2,1-2H3. The predicted octanol–water partition coefficient (Wildman–Crippen LogP) is 0.272. The van der Waals surface area contributed by atoms with Gasteiger partial charge in [-0.15, -0.1) is 11.3 Å². The second-order valence-electron chi connectivity index (χ2n) is 2.09. The Bertz CT molecular complexity index is 207. The molecule has 0 unspecified atom stereocenters. The molecule has 48 valence electrons. The Morgan fingerprint density at radius 2 is 2.33 bits per heavy atom. The molecule has 0 N–H and O–H groups in total. The molecule has 0 saturated carbocycles. The summed E-state index contributed by atoms with van der Waals surface area (Å²) in [5, 5.41) is 1.18. The van der Waals surface area contributed by atoms with Crippen LogP contribution in [0.15, 0.2) is 0 Å². The largest absolute Gasteiger partial charge is 0.247 e. The Morgan fingerprint density at radius 3 is 2.56 bits per heavy atom. The highest BCUT2D eigenvalue weighted by atomic mass is 32.1. The van der Waals surface area contributed by atoms with E-state index in [4.69, 9.17) is 0 Å². The Hall–Kier alpha value is -0.305. The minimum absolute atomic E-state index is 1.07. The Morgan fingerprint density at radius 1 is 1.67 bits per heavy atom. The Labute approximate surface area is 60.5 Å². The quantitative estimate of drug-likeness (QED) is 0.509. The lowest BCUT2D eigenvalue weighted by Gasteiger charge is -1.86. The number of aromatic nitrogens is 1. The van der Waals surface area contributed by atoms with Gasteiger partial charge in [0, 0.05) is 5.69 Å². The van der Waals surface area contributed by atoms with E-state index in [1.54, 1.807) is 11.3 Å². The van der Waals surface area contributed by atoms with Gasteiger partial charge in [-0.3, -0.25) is 0 Å². The summed E-state index contributed by atoms with van der Waals surface area (Å²) in [6.45, 7) is 4.19. The molecule has 0 aliphatic rings. The first-order valence-electron chi connectivity index (χ1n) is 3.17. The molecule has 1 nitrogen and oxygen atoms in total. The highest BCUT2D eigenvalue weighted by Gasteiger charge is 1.99. The summed E-state index contributed by atoms with van der Waals surface area (Å²) in [4.78, 5) is 4.35. The zero-order chi connectivity index (χ0) is 6.85. The van der Waals surface area contributed by atoms with Crippen molar-refractivity contribution in [1.29, 1.82) is 0 Å². The molecular formula is C6H10BNS. The van der Waals surface area contributed by atoms with Crippen LogP contribution in [0.5, 0.6) is 0 Å². The van der Waals surface area contributed by atoms with E-state index < -0.39 is 0 Å². The maximum absolute atomic E-state index is 4.35. The van der Waals surface area contributed by atoms with Gasteiger partial charge in [-0.05, 0) is 18.1 Å². The second kappa shape index (κ2) is 2.52.